The summed E-state index contributed by atoms with van der Waals surface area (Å²) >= 11 is 1.21. The predicted octanol–water partition coefficient (Wildman–Crippen LogP) is 3.09. The van der Waals surface area contributed by atoms with Crippen molar-refractivity contribution < 1.29 is 14.5 Å². The van der Waals surface area contributed by atoms with Gasteiger partial charge in [-0.1, -0.05) is 30.0 Å². The minimum absolute atomic E-state index is 0.0507. The minimum atomic E-state index is -0.517. The molecule has 0 aliphatic heterocycles. The molecular formula is C13H13NO4S. The highest BCUT2D eigenvalue weighted by molar-refractivity contribution is 8.13. The van der Waals surface area contributed by atoms with Gasteiger partial charge < -0.3 is 0 Å². The summed E-state index contributed by atoms with van der Waals surface area (Å²) in [6.07, 6.45) is 4.63. The first kappa shape index (κ1) is 15.1. The summed E-state index contributed by atoms with van der Waals surface area (Å²) in [5.41, 5.74) is 0.625. The van der Waals surface area contributed by atoms with E-state index in [9.17, 15) is 19.7 Å². The third kappa shape index (κ3) is 5.05. The zero-order chi connectivity index (χ0) is 14.3. The number of thioether (sulfide) groups is 1. The molecule has 0 aliphatic carbocycles. The molecule has 1 aromatic rings. The fraction of sp³-hybridized carbons (Fsp3) is 0.231. The van der Waals surface area contributed by atoms with Gasteiger partial charge in [0.1, 0.15) is 6.29 Å². The fourth-order valence-electron chi connectivity index (χ4n) is 1.41. The van der Waals surface area contributed by atoms with E-state index in [-0.39, 0.29) is 16.4 Å². The van der Waals surface area contributed by atoms with E-state index in [1.807, 2.05) is 0 Å². The smallest absolute Gasteiger partial charge is 0.277 e. The second-order valence-corrected chi connectivity index (χ2v) is 5.00. The molecule has 1 rings (SSSR count). The average Bonchev–Trinajstić information content (AvgIpc) is 2.38. The van der Waals surface area contributed by atoms with Gasteiger partial charge in [0.05, 0.1) is 10.5 Å². The number of hydrogen-bond donors (Lipinski definition) is 0. The van der Waals surface area contributed by atoms with Crippen LogP contribution in [0.5, 0.6) is 0 Å². The Bertz CT molecular complexity index is 525. The third-order valence-electron chi connectivity index (χ3n) is 2.27. The minimum Gasteiger partial charge on any atom is -0.298 e. The van der Waals surface area contributed by atoms with Crippen molar-refractivity contribution in [1.29, 1.82) is 0 Å². The number of allylic oxidation sites excluding steroid dienone is 1. The highest BCUT2D eigenvalue weighted by Crippen LogP contribution is 2.21. The molecule has 0 aliphatic rings. The monoisotopic (exact) mass is 279 g/mol. The molecular weight excluding hydrogens is 266 g/mol. The molecule has 0 saturated heterocycles. The molecule has 0 fully saturated rings. The van der Waals surface area contributed by atoms with Gasteiger partial charge in [0.2, 0.25) is 0 Å². The molecule has 0 spiro atoms. The Morgan fingerprint density at radius 2 is 2.21 bits per heavy atom. The van der Waals surface area contributed by atoms with Gasteiger partial charge in [-0.2, -0.15) is 0 Å². The molecule has 0 atom stereocenters. The topological polar surface area (TPSA) is 77.3 Å². The third-order valence-corrected chi connectivity index (χ3v) is 3.12. The lowest BCUT2D eigenvalue weighted by Crippen LogP contribution is -1.93. The van der Waals surface area contributed by atoms with Gasteiger partial charge in [-0.05, 0) is 12.5 Å². The molecule has 0 amide bonds. The van der Waals surface area contributed by atoms with Gasteiger partial charge in [-0.25, -0.2) is 0 Å². The van der Waals surface area contributed by atoms with Crippen LogP contribution in [0.25, 0.3) is 6.08 Å². The number of carbonyl (C=O) groups excluding carboxylic acids is 2. The molecule has 0 aromatic heterocycles. The number of carbonyl (C=O) groups is 2. The molecule has 19 heavy (non-hydrogen) atoms. The molecule has 0 saturated carbocycles. The van der Waals surface area contributed by atoms with E-state index < -0.39 is 4.92 Å². The summed E-state index contributed by atoms with van der Waals surface area (Å²) in [4.78, 5) is 31.6. The molecule has 5 nitrogen and oxygen atoms in total. The summed E-state index contributed by atoms with van der Waals surface area (Å²) in [5, 5.41) is 10.9. The predicted molar refractivity (Wildman–Crippen MR) is 75.3 cm³/mol. The van der Waals surface area contributed by atoms with Crippen molar-refractivity contribution in [2.45, 2.75) is 13.3 Å². The molecule has 0 bridgehead atoms. The van der Waals surface area contributed by atoms with E-state index in [1.54, 1.807) is 12.2 Å². The molecule has 0 unspecified atom stereocenters. The van der Waals surface area contributed by atoms with Crippen LogP contribution >= 0.6 is 11.8 Å². The zero-order valence-corrected chi connectivity index (χ0v) is 11.2. The Morgan fingerprint density at radius 3 is 2.79 bits per heavy atom. The number of nitro benzene ring substituents is 1. The van der Waals surface area contributed by atoms with Crippen molar-refractivity contribution in [2.24, 2.45) is 0 Å². The van der Waals surface area contributed by atoms with E-state index in [1.165, 1.54) is 36.9 Å². The van der Waals surface area contributed by atoms with E-state index in [2.05, 4.69) is 0 Å². The second-order valence-electron chi connectivity index (χ2n) is 3.72. The second kappa shape index (κ2) is 7.48. The van der Waals surface area contributed by atoms with Gasteiger partial charge in [-0.15, -0.1) is 0 Å². The van der Waals surface area contributed by atoms with Crippen LogP contribution in [0.1, 0.15) is 29.3 Å². The van der Waals surface area contributed by atoms with Crippen LogP contribution < -0.4 is 0 Å². The number of hydrogen-bond acceptors (Lipinski definition) is 5. The Kier molecular flexibility index (Phi) is 5.95. The fourth-order valence-corrected chi connectivity index (χ4v) is 1.96. The highest BCUT2D eigenvalue weighted by Gasteiger charge is 2.11. The van der Waals surface area contributed by atoms with Crippen LogP contribution in [0.3, 0.4) is 0 Å². The maximum Gasteiger partial charge on any atom is 0.277 e. The molecule has 0 radical (unpaired) electrons. The van der Waals surface area contributed by atoms with Gasteiger partial charge in [-0.3, -0.25) is 19.7 Å². The maximum absolute atomic E-state index is 10.9. The Labute approximate surface area is 114 Å². The summed E-state index contributed by atoms with van der Waals surface area (Å²) in [6.45, 7) is 1.50. The number of benzene rings is 1. The molecule has 0 heterocycles. The van der Waals surface area contributed by atoms with Crippen LogP contribution in [-0.2, 0) is 4.79 Å². The van der Waals surface area contributed by atoms with E-state index >= 15 is 0 Å². The number of nitro groups is 1. The Balaban J connectivity index is 2.77. The Hall–Kier alpha value is -1.95. The van der Waals surface area contributed by atoms with Crippen LogP contribution in [0, 0.1) is 10.1 Å². The normalized spacial score (nSPS) is 10.6. The van der Waals surface area contributed by atoms with Crippen molar-refractivity contribution in [1.82, 2.24) is 0 Å². The first-order valence-electron chi connectivity index (χ1n) is 5.58. The average molecular weight is 279 g/mol. The lowest BCUT2D eigenvalue weighted by Gasteiger charge is -1.98. The Morgan fingerprint density at radius 1 is 1.47 bits per heavy atom. The molecule has 0 N–H and O–H groups in total. The molecule has 100 valence electrons. The van der Waals surface area contributed by atoms with Crippen molar-refractivity contribution >= 4 is 34.9 Å². The number of nitrogens with zero attached hydrogens (tertiary/aromatic N) is 1. The lowest BCUT2D eigenvalue weighted by molar-refractivity contribution is -0.385. The summed E-state index contributed by atoms with van der Waals surface area (Å²) in [6, 6.07) is 4.32. The van der Waals surface area contributed by atoms with Gasteiger partial charge >= 0.3 is 0 Å². The molecule has 6 heteroatoms. The van der Waals surface area contributed by atoms with Crippen molar-refractivity contribution in [2.75, 3.05) is 5.75 Å². The van der Waals surface area contributed by atoms with Crippen molar-refractivity contribution in [3.63, 3.8) is 0 Å². The SMILES string of the molecule is CC(=O)SCCC=Cc1ccc(C=O)cc1[N+](=O)[O-]. The van der Waals surface area contributed by atoms with Crippen LogP contribution in [0.15, 0.2) is 24.3 Å². The first-order valence-corrected chi connectivity index (χ1v) is 6.56. The highest BCUT2D eigenvalue weighted by atomic mass is 32.2. The maximum atomic E-state index is 10.9. The summed E-state index contributed by atoms with van der Waals surface area (Å²) in [7, 11) is 0. The van der Waals surface area contributed by atoms with Crippen LogP contribution in [0.2, 0.25) is 0 Å². The van der Waals surface area contributed by atoms with E-state index in [0.29, 0.717) is 24.0 Å². The van der Waals surface area contributed by atoms with Crippen LogP contribution in [-0.4, -0.2) is 22.1 Å². The number of aldehydes is 1. The van der Waals surface area contributed by atoms with Gasteiger partial charge in [0.25, 0.3) is 5.69 Å². The number of rotatable bonds is 6. The van der Waals surface area contributed by atoms with Crippen LogP contribution in [0.4, 0.5) is 5.69 Å². The van der Waals surface area contributed by atoms with Crippen molar-refractivity contribution in [3.05, 3.63) is 45.5 Å². The van der Waals surface area contributed by atoms with Gasteiger partial charge in [0, 0.05) is 24.3 Å². The van der Waals surface area contributed by atoms with E-state index in [0.717, 1.165) is 0 Å². The summed E-state index contributed by atoms with van der Waals surface area (Å²) in [5.74, 6) is 0.645. The standard InChI is InChI=1S/C13H13NO4S/c1-10(16)19-7-3-2-4-12-6-5-11(9-15)8-13(12)14(17)18/h2,4-6,8-9H,3,7H2,1H3. The van der Waals surface area contributed by atoms with Crippen molar-refractivity contribution in [3.8, 4) is 0 Å². The zero-order valence-electron chi connectivity index (χ0n) is 10.4. The van der Waals surface area contributed by atoms with Gasteiger partial charge in [0.15, 0.2) is 5.12 Å². The van der Waals surface area contributed by atoms with E-state index in [4.69, 9.17) is 0 Å². The largest absolute Gasteiger partial charge is 0.298 e. The molecule has 1 aromatic carbocycles. The quantitative estimate of drug-likeness (QED) is 0.346. The lowest BCUT2D eigenvalue weighted by atomic mass is 10.1. The first-order chi connectivity index (χ1) is 9.04. The summed E-state index contributed by atoms with van der Waals surface area (Å²) < 4.78 is 0.